The van der Waals surface area contributed by atoms with E-state index in [1.165, 1.54) is 6.07 Å². The van der Waals surface area contributed by atoms with Crippen LogP contribution in [0.25, 0.3) is 0 Å². The molecule has 0 fully saturated rings. The van der Waals surface area contributed by atoms with E-state index < -0.39 is 27.4 Å². The summed E-state index contributed by atoms with van der Waals surface area (Å²) >= 11 is 0. The second-order valence-electron chi connectivity index (χ2n) is 2.61. The van der Waals surface area contributed by atoms with Crippen LogP contribution < -0.4 is 0 Å². The summed E-state index contributed by atoms with van der Waals surface area (Å²) in [4.78, 5) is 9.88. The normalized spacial score (nSPS) is 11.2. The first-order valence-corrected chi connectivity index (χ1v) is 5.27. The highest BCUT2D eigenvalue weighted by molar-refractivity contribution is 7.92. The average molecular weight is 218 g/mol. The Morgan fingerprint density at radius 3 is 2.57 bits per heavy atom. The van der Waals surface area contributed by atoms with Crippen LogP contribution in [0.1, 0.15) is 0 Å². The van der Waals surface area contributed by atoms with Crippen molar-refractivity contribution in [2.45, 2.75) is 4.90 Å². The fourth-order valence-corrected chi connectivity index (χ4v) is 1.98. The van der Waals surface area contributed by atoms with E-state index in [2.05, 4.69) is 0 Å². The molecule has 1 aromatic rings. The molecule has 0 aliphatic carbocycles. The third kappa shape index (κ3) is 2.53. The van der Waals surface area contributed by atoms with Crippen LogP contribution in [-0.2, 0) is 14.6 Å². The van der Waals surface area contributed by atoms with Crippen molar-refractivity contribution in [3.8, 4) is 0 Å². The minimum absolute atomic E-state index is 0.320. The molecule has 6 heteroatoms. The van der Waals surface area contributed by atoms with Crippen molar-refractivity contribution in [3.05, 3.63) is 30.1 Å². The number of carbonyl (C=O) groups is 1. The molecule has 0 radical (unpaired) electrons. The van der Waals surface area contributed by atoms with E-state index in [1.54, 1.807) is 0 Å². The second kappa shape index (κ2) is 3.75. The summed E-state index contributed by atoms with van der Waals surface area (Å²) in [5.41, 5.74) is 0. The van der Waals surface area contributed by atoms with Crippen molar-refractivity contribution in [1.29, 1.82) is 0 Å². The van der Waals surface area contributed by atoms with Crippen LogP contribution in [-0.4, -0.2) is 25.2 Å². The Bertz CT molecular complexity index is 452. The van der Waals surface area contributed by atoms with E-state index in [0.29, 0.717) is 0 Å². The lowest BCUT2D eigenvalue weighted by Gasteiger charge is -2.00. The minimum Gasteiger partial charge on any atom is -0.480 e. The van der Waals surface area contributed by atoms with Crippen molar-refractivity contribution < 1.29 is 22.7 Å². The number of hydrogen-bond donors (Lipinski definition) is 1. The van der Waals surface area contributed by atoms with Gasteiger partial charge in [-0.05, 0) is 18.2 Å². The van der Waals surface area contributed by atoms with Gasteiger partial charge >= 0.3 is 5.97 Å². The summed E-state index contributed by atoms with van der Waals surface area (Å²) in [6.07, 6.45) is 0. The standard InChI is InChI=1S/C8H7FO4S/c9-6-2-1-3-7(4-6)14(12,13)5-8(10)11/h1-4H,5H2,(H,10,11). The molecule has 0 amide bonds. The van der Waals surface area contributed by atoms with Gasteiger partial charge in [0.15, 0.2) is 15.6 Å². The van der Waals surface area contributed by atoms with Crippen LogP contribution in [0.3, 0.4) is 0 Å². The monoisotopic (exact) mass is 218 g/mol. The summed E-state index contributed by atoms with van der Waals surface area (Å²) < 4.78 is 35.1. The number of halogens is 1. The number of sulfone groups is 1. The van der Waals surface area contributed by atoms with Gasteiger partial charge in [0.25, 0.3) is 0 Å². The molecule has 1 rings (SSSR count). The van der Waals surface area contributed by atoms with Crippen molar-refractivity contribution in [1.82, 2.24) is 0 Å². The van der Waals surface area contributed by atoms with Gasteiger partial charge in [0.05, 0.1) is 4.90 Å². The SMILES string of the molecule is O=C(O)CS(=O)(=O)c1cccc(F)c1. The molecule has 0 unspecified atom stereocenters. The Hall–Kier alpha value is -1.43. The fourth-order valence-electron chi connectivity index (χ4n) is 0.906. The van der Waals surface area contributed by atoms with Gasteiger partial charge in [0.1, 0.15) is 5.82 Å². The summed E-state index contributed by atoms with van der Waals surface area (Å²) in [7, 11) is -3.92. The Kier molecular flexibility index (Phi) is 2.85. The van der Waals surface area contributed by atoms with Crippen molar-refractivity contribution >= 4 is 15.8 Å². The van der Waals surface area contributed by atoms with Crippen LogP contribution in [0.2, 0.25) is 0 Å². The Labute approximate surface area is 79.9 Å². The van der Waals surface area contributed by atoms with E-state index in [4.69, 9.17) is 5.11 Å². The molecule has 0 spiro atoms. The first-order chi connectivity index (χ1) is 6.42. The second-order valence-corrected chi connectivity index (χ2v) is 4.60. The molecule has 0 bridgehead atoms. The maximum absolute atomic E-state index is 12.6. The maximum atomic E-state index is 12.6. The molecule has 4 nitrogen and oxygen atoms in total. The quantitative estimate of drug-likeness (QED) is 0.809. The molecule has 14 heavy (non-hydrogen) atoms. The maximum Gasteiger partial charge on any atom is 0.319 e. The van der Waals surface area contributed by atoms with Gasteiger partial charge in [0, 0.05) is 0 Å². The molecule has 76 valence electrons. The smallest absolute Gasteiger partial charge is 0.319 e. The highest BCUT2D eigenvalue weighted by Crippen LogP contribution is 2.12. The Morgan fingerprint density at radius 2 is 2.07 bits per heavy atom. The number of carboxylic acid groups (broad SMARTS) is 1. The molecule has 0 aliphatic heterocycles. The van der Waals surface area contributed by atoms with Gasteiger partial charge in [-0.25, -0.2) is 12.8 Å². The zero-order valence-electron chi connectivity index (χ0n) is 6.97. The highest BCUT2D eigenvalue weighted by Gasteiger charge is 2.18. The molecular weight excluding hydrogens is 211 g/mol. The number of rotatable bonds is 3. The summed E-state index contributed by atoms with van der Waals surface area (Å²) in [5, 5.41) is 8.31. The zero-order valence-corrected chi connectivity index (χ0v) is 7.79. The first kappa shape index (κ1) is 10.6. The van der Waals surface area contributed by atoms with Crippen molar-refractivity contribution in [3.63, 3.8) is 0 Å². The molecule has 0 atom stereocenters. The third-order valence-corrected chi connectivity index (χ3v) is 3.07. The molecular formula is C8H7FO4S. The van der Waals surface area contributed by atoms with Gasteiger partial charge in [-0.15, -0.1) is 0 Å². The Morgan fingerprint density at radius 1 is 1.43 bits per heavy atom. The number of hydrogen-bond acceptors (Lipinski definition) is 3. The van der Waals surface area contributed by atoms with E-state index in [0.717, 1.165) is 18.2 Å². The van der Waals surface area contributed by atoms with Crippen LogP contribution >= 0.6 is 0 Å². The summed E-state index contributed by atoms with van der Waals surface area (Å²) in [6, 6.07) is 4.24. The van der Waals surface area contributed by atoms with Crippen LogP contribution in [0, 0.1) is 5.82 Å². The highest BCUT2D eigenvalue weighted by atomic mass is 32.2. The molecule has 0 saturated carbocycles. The molecule has 0 saturated heterocycles. The lowest BCUT2D eigenvalue weighted by molar-refractivity contribution is -0.134. The van der Waals surface area contributed by atoms with Gasteiger partial charge in [-0.2, -0.15) is 0 Å². The van der Waals surface area contributed by atoms with Crippen LogP contribution in [0.4, 0.5) is 4.39 Å². The summed E-state index contributed by atoms with van der Waals surface area (Å²) in [6.45, 7) is 0. The summed E-state index contributed by atoms with van der Waals surface area (Å²) in [5.74, 6) is -3.21. The zero-order chi connectivity index (χ0) is 10.8. The number of carboxylic acids is 1. The fraction of sp³-hybridized carbons (Fsp3) is 0.125. The van der Waals surface area contributed by atoms with Crippen LogP contribution in [0.15, 0.2) is 29.2 Å². The molecule has 0 heterocycles. The van der Waals surface area contributed by atoms with Crippen LogP contribution in [0.5, 0.6) is 0 Å². The Balaban J connectivity index is 3.11. The predicted octanol–water partition coefficient (Wildman–Crippen LogP) is 0.684. The lowest BCUT2D eigenvalue weighted by Crippen LogP contribution is -2.15. The van der Waals surface area contributed by atoms with Gasteiger partial charge in [-0.3, -0.25) is 4.79 Å². The predicted molar refractivity (Wildman–Crippen MR) is 46.1 cm³/mol. The van der Waals surface area contributed by atoms with E-state index in [1.807, 2.05) is 0 Å². The van der Waals surface area contributed by atoms with Gasteiger partial charge in [0.2, 0.25) is 0 Å². The minimum atomic E-state index is -3.92. The third-order valence-electron chi connectivity index (χ3n) is 1.47. The molecule has 1 aromatic carbocycles. The van der Waals surface area contributed by atoms with Gasteiger partial charge < -0.3 is 5.11 Å². The van der Waals surface area contributed by atoms with E-state index >= 15 is 0 Å². The van der Waals surface area contributed by atoms with Crippen molar-refractivity contribution in [2.75, 3.05) is 5.75 Å². The molecule has 0 aliphatic rings. The largest absolute Gasteiger partial charge is 0.480 e. The van der Waals surface area contributed by atoms with Crippen molar-refractivity contribution in [2.24, 2.45) is 0 Å². The average Bonchev–Trinajstić information content (AvgIpc) is 2.01. The first-order valence-electron chi connectivity index (χ1n) is 3.62. The van der Waals surface area contributed by atoms with E-state index in [9.17, 15) is 17.6 Å². The number of aliphatic carboxylic acids is 1. The number of benzene rings is 1. The topological polar surface area (TPSA) is 71.4 Å². The molecule has 0 aromatic heterocycles. The van der Waals surface area contributed by atoms with Gasteiger partial charge in [-0.1, -0.05) is 6.07 Å². The molecule has 1 N–H and O–H groups in total. The lowest BCUT2D eigenvalue weighted by atomic mass is 10.4. The van der Waals surface area contributed by atoms with E-state index in [-0.39, 0.29) is 4.90 Å².